The van der Waals surface area contributed by atoms with Crippen LogP contribution in [0.3, 0.4) is 0 Å². The molecule has 2 aromatic carbocycles. The molecule has 118 valence electrons. The van der Waals surface area contributed by atoms with Crippen molar-refractivity contribution in [2.75, 3.05) is 0 Å². The Morgan fingerprint density at radius 2 is 1.78 bits per heavy atom. The molecular weight excluding hydrogens is 375 g/mol. The minimum Gasteiger partial charge on any atom is -0.222 e. The first-order chi connectivity index (χ1) is 11.0. The van der Waals surface area contributed by atoms with E-state index in [1.807, 2.05) is 18.2 Å². The maximum Gasteiger partial charge on any atom is 0.195 e. The molecule has 0 unspecified atom stereocenters. The Hall–Kier alpha value is -1.47. The van der Waals surface area contributed by atoms with Crippen molar-refractivity contribution < 1.29 is 8.42 Å². The summed E-state index contributed by atoms with van der Waals surface area (Å²) in [6, 6.07) is 13.8. The van der Waals surface area contributed by atoms with Crippen molar-refractivity contribution >= 4 is 44.6 Å². The number of benzene rings is 2. The number of rotatable bonds is 4. The molecule has 4 nitrogen and oxygen atoms in total. The van der Waals surface area contributed by atoms with E-state index in [1.54, 1.807) is 24.3 Å². The molecule has 0 amide bonds. The van der Waals surface area contributed by atoms with Crippen LogP contribution in [0.2, 0.25) is 10.0 Å². The molecule has 3 aromatic rings. The van der Waals surface area contributed by atoms with Crippen molar-refractivity contribution in [2.45, 2.75) is 9.96 Å². The second-order valence-electron chi connectivity index (χ2n) is 4.77. The van der Waals surface area contributed by atoms with Crippen molar-refractivity contribution in [1.82, 2.24) is 9.59 Å². The minimum atomic E-state index is -3.62. The quantitative estimate of drug-likeness (QED) is 0.664. The summed E-state index contributed by atoms with van der Waals surface area (Å²) >= 11 is 12.8. The minimum absolute atomic E-state index is 0.134. The Balaban J connectivity index is 2.00. The van der Waals surface area contributed by atoms with Gasteiger partial charge in [0.1, 0.15) is 5.69 Å². The highest BCUT2D eigenvalue weighted by Crippen LogP contribution is 2.32. The molecule has 0 aliphatic rings. The third kappa shape index (κ3) is 3.55. The summed E-state index contributed by atoms with van der Waals surface area (Å²) in [7, 11) is -3.62. The normalized spacial score (nSPS) is 11.6. The Labute approximate surface area is 147 Å². The fourth-order valence-corrected chi connectivity index (χ4v) is 5.04. The van der Waals surface area contributed by atoms with Gasteiger partial charge in [0.2, 0.25) is 0 Å². The maximum atomic E-state index is 12.7. The fraction of sp³-hybridized carbons (Fsp3) is 0.0667. The van der Waals surface area contributed by atoms with Crippen LogP contribution in [0.25, 0.3) is 11.3 Å². The lowest BCUT2D eigenvalue weighted by Gasteiger charge is -2.06. The first kappa shape index (κ1) is 16.4. The van der Waals surface area contributed by atoms with E-state index >= 15 is 0 Å². The number of sulfone groups is 1. The van der Waals surface area contributed by atoms with E-state index in [4.69, 9.17) is 23.2 Å². The van der Waals surface area contributed by atoms with Crippen molar-refractivity contribution in [1.29, 1.82) is 0 Å². The van der Waals surface area contributed by atoms with E-state index in [9.17, 15) is 8.42 Å². The Morgan fingerprint density at radius 1 is 1.04 bits per heavy atom. The predicted molar refractivity (Wildman–Crippen MR) is 92.7 cm³/mol. The average Bonchev–Trinajstić information content (AvgIpc) is 3.01. The van der Waals surface area contributed by atoms with E-state index in [-0.39, 0.29) is 9.96 Å². The van der Waals surface area contributed by atoms with Crippen LogP contribution in [0.4, 0.5) is 0 Å². The average molecular weight is 385 g/mol. The van der Waals surface area contributed by atoms with Gasteiger partial charge in [0, 0.05) is 27.1 Å². The number of hydrogen-bond donors (Lipinski definition) is 0. The van der Waals surface area contributed by atoms with Crippen LogP contribution in [0.15, 0.2) is 52.7 Å². The molecule has 0 bridgehead atoms. The van der Waals surface area contributed by atoms with Crippen LogP contribution in [-0.4, -0.2) is 18.0 Å². The lowest BCUT2D eigenvalue weighted by Crippen LogP contribution is -2.05. The largest absolute Gasteiger partial charge is 0.222 e. The van der Waals surface area contributed by atoms with Crippen molar-refractivity contribution in [2.24, 2.45) is 0 Å². The molecule has 1 heterocycles. The van der Waals surface area contributed by atoms with Crippen molar-refractivity contribution in [3.63, 3.8) is 0 Å². The van der Waals surface area contributed by atoms with Crippen LogP contribution in [0, 0.1) is 0 Å². The van der Waals surface area contributed by atoms with Gasteiger partial charge in [0.15, 0.2) is 14.0 Å². The first-order valence-electron chi connectivity index (χ1n) is 6.52. The Kier molecular flexibility index (Phi) is 4.68. The summed E-state index contributed by atoms with van der Waals surface area (Å²) < 4.78 is 29.4. The molecule has 0 saturated heterocycles. The van der Waals surface area contributed by atoms with Gasteiger partial charge in [-0.2, -0.15) is 0 Å². The van der Waals surface area contributed by atoms with Gasteiger partial charge in [-0.15, -0.1) is 5.10 Å². The predicted octanol–water partition coefficient (Wildman–Crippen LogP) is 4.49. The molecule has 0 aliphatic carbocycles. The van der Waals surface area contributed by atoms with Crippen LogP contribution in [-0.2, 0) is 15.6 Å². The zero-order chi connectivity index (χ0) is 16.4. The van der Waals surface area contributed by atoms with Crippen molar-refractivity contribution in [3.05, 3.63) is 64.1 Å². The molecule has 1 aromatic heterocycles. The van der Waals surface area contributed by atoms with Gasteiger partial charge in [0.25, 0.3) is 0 Å². The number of halogens is 2. The van der Waals surface area contributed by atoms with Gasteiger partial charge >= 0.3 is 0 Å². The molecule has 0 saturated carbocycles. The molecule has 0 aliphatic heterocycles. The number of nitrogens with zero attached hydrogens (tertiary/aromatic N) is 2. The molecule has 3 rings (SSSR count). The van der Waals surface area contributed by atoms with Gasteiger partial charge in [-0.05, 0) is 17.7 Å². The zero-order valence-electron chi connectivity index (χ0n) is 11.6. The summed E-state index contributed by atoms with van der Waals surface area (Å²) in [4.78, 5) is 0. The van der Waals surface area contributed by atoms with E-state index in [2.05, 4.69) is 9.59 Å². The smallest absolute Gasteiger partial charge is 0.195 e. The molecule has 0 radical (unpaired) electrons. The van der Waals surface area contributed by atoms with E-state index in [0.717, 1.165) is 11.5 Å². The molecule has 0 spiro atoms. The summed E-state index contributed by atoms with van der Waals surface area (Å²) in [5.41, 5.74) is 1.56. The summed E-state index contributed by atoms with van der Waals surface area (Å²) in [6.45, 7) is 0. The Morgan fingerprint density at radius 3 is 2.48 bits per heavy atom. The zero-order valence-corrected chi connectivity index (χ0v) is 14.8. The molecule has 0 atom stereocenters. The number of aromatic nitrogens is 2. The topological polar surface area (TPSA) is 59.9 Å². The Bertz CT molecular complexity index is 941. The second kappa shape index (κ2) is 6.57. The maximum absolute atomic E-state index is 12.7. The molecule has 0 fully saturated rings. The molecular formula is C15H10Cl2N2O2S2. The third-order valence-electron chi connectivity index (χ3n) is 3.15. The lowest BCUT2D eigenvalue weighted by molar-refractivity contribution is 0.597. The highest BCUT2D eigenvalue weighted by atomic mass is 35.5. The van der Waals surface area contributed by atoms with Gasteiger partial charge in [-0.1, -0.05) is 64.1 Å². The first-order valence-corrected chi connectivity index (χ1v) is 9.70. The van der Waals surface area contributed by atoms with Crippen LogP contribution >= 0.6 is 34.7 Å². The van der Waals surface area contributed by atoms with Gasteiger partial charge in [0.05, 0.1) is 5.75 Å². The summed E-state index contributed by atoms with van der Waals surface area (Å²) in [5, 5.41) is 4.74. The van der Waals surface area contributed by atoms with E-state index < -0.39 is 9.84 Å². The fourth-order valence-electron chi connectivity index (χ4n) is 2.07. The van der Waals surface area contributed by atoms with E-state index in [0.29, 0.717) is 26.9 Å². The van der Waals surface area contributed by atoms with Gasteiger partial charge in [-0.25, -0.2) is 8.42 Å². The van der Waals surface area contributed by atoms with Gasteiger partial charge in [-0.3, -0.25) is 0 Å². The van der Waals surface area contributed by atoms with Gasteiger partial charge < -0.3 is 0 Å². The molecule has 8 heteroatoms. The molecule has 23 heavy (non-hydrogen) atoms. The number of hydrogen-bond acceptors (Lipinski definition) is 5. The highest BCUT2D eigenvalue weighted by molar-refractivity contribution is 7.92. The SMILES string of the molecule is O=S(=O)(Cc1ccc(Cl)cc1Cl)c1snnc1-c1ccccc1. The third-order valence-corrected chi connectivity index (χ3v) is 6.69. The summed E-state index contributed by atoms with van der Waals surface area (Å²) in [6.07, 6.45) is 0. The standard InChI is InChI=1S/C15H10Cl2N2O2S2/c16-12-7-6-11(13(17)8-12)9-23(20,21)15-14(18-19-22-15)10-4-2-1-3-5-10/h1-8H,9H2. The van der Waals surface area contributed by atoms with Crippen LogP contribution in [0.1, 0.15) is 5.56 Å². The monoisotopic (exact) mass is 384 g/mol. The van der Waals surface area contributed by atoms with Crippen LogP contribution < -0.4 is 0 Å². The second-order valence-corrected chi connectivity index (χ2v) is 8.55. The summed E-state index contributed by atoms with van der Waals surface area (Å²) in [5.74, 6) is -0.229. The lowest BCUT2D eigenvalue weighted by atomic mass is 10.2. The van der Waals surface area contributed by atoms with Crippen LogP contribution in [0.5, 0.6) is 0 Å². The van der Waals surface area contributed by atoms with Crippen molar-refractivity contribution in [3.8, 4) is 11.3 Å². The van der Waals surface area contributed by atoms with E-state index in [1.165, 1.54) is 6.07 Å². The highest BCUT2D eigenvalue weighted by Gasteiger charge is 2.25. The molecule has 0 N–H and O–H groups in total.